The zero-order chi connectivity index (χ0) is 28.7. The van der Waals surface area contributed by atoms with Crippen LogP contribution in [0.15, 0.2) is 65.5 Å². The first-order valence-electron chi connectivity index (χ1n) is 14.0. The minimum Gasteiger partial charge on any atom is -0.493 e. The summed E-state index contributed by atoms with van der Waals surface area (Å²) in [6.07, 6.45) is 12.5. The lowest BCUT2D eigenvalue weighted by atomic mass is 9.83. The highest BCUT2D eigenvalue weighted by Gasteiger charge is 2.27. The molecule has 0 heterocycles. The molecule has 1 aromatic rings. The third kappa shape index (κ3) is 9.14. The van der Waals surface area contributed by atoms with Gasteiger partial charge in [-0.15, -0.1) is 6.58 Å². The van der Waals surface area contributed by atoms with Crippen molar-refractivity contribution in [1.82, 2.24) is 0 Å². The van der Waals surface area contributed by atoms with Crippen LogP contribution >= 0.6 is 0 Å². The standard InChI is InChI=1S/C32H40O8/c1-3-11-23-22-27(33)24-12-5-6-13-25(24)32(23)40-20-8-4-7-19-38-28-14-9-15-29(39-21-10-16-30(34)35)26(28)17-18-31(36)37-2/h3,9,12,14-15,22H,1,4-8,10-11,13,16-21H2,2H3,(H,34,35). The van der Waals surface area contributed by atoms with Crippen molar-refractivity contribution >= 4 is 17.7 Å². The Bertz CT molecular complexity index is 1160. The molecule has 0 spiro atoms. The van der Waals surface area contributed by atoms with Crippen molar-refractivity contribution in [2.75, 3.05) is 26.9 Å². The first-order chi connectivity index (χ1) is 19.4. The van der Waals surface area contributed by atoms with Crippen LogP contribution in [0.25, 0.3) is 0 Å². The lowest BCUT2D eigenvalue weighted by Gasteiger charge is -2.25. The average molecular weight is 553 g/mol. The molecule has 40 heavy (non-hydrogen) atoms. The minimum absolute atomic E-state index is 0.0256. The molecule has 0 amide bonds. The molecule has 8 heteroatoms. The van der Waals surface area contributed by atoms with Crippen LogP contribution in [0.5, 0.6) is 11.5 Å². The van der Waals surface area contributed by atoms with E-state index in [0.29, 0.717) is 44.0 Å². The summed E-state index contributed by atoms with van der Waals surface area (Å²) in [6.45, 7) is 5.13. The molecule has 2 aliphatic rings. The summed E-state index contributed by atoms with van der Waals surface area (Å²) in [5.41, 5.74) is 3.49. The summed E-state index contributed by atoms with van der Waals surface area (Å²) in [5, 5.41) is 8.85. The molecule has 1 N–H and O–H groups in total. The van der Waals surface area contributed by atoms with E-state index >= 15 is 0 Å². The fourth-order valence-corrected chi connectivity index (χ4v) is 4.78. The molecule has 0 aliphatic heterocycles. The molecular weight excluding hydrogens is 512 g/mol. The van der Waals surface area contributed by atoms with E-state index in [9.17, 15) is 14.4 Å². The van der Waals surface area contributed by atoms with Crippen LogP contribution in [-0.4, -0.2) is 49.8 Å². The molecule has 0 unspecified atom stereocenters. The molecule has 0 atom stereocenters. The van der Waals surface area contributed by atoms with E-state index < -0.39 is 5.97 Å². The van der Waals surface area contributed by atoms with E-state index in [0.717, 1.165) is 66.6 Å². The first-order valence-corrected chi connectivity index (χ1v) is 14.0. The SMILES string of the molecule is C=CCC1=CC(=O)C2=CCCCC2=C1OCCCCCOc1cccc(OCCCC(=O)O)c1CCC(=O)OC. The van der Waals surface area contributed by atoms with Crippen LogP contribution in [0, 0.1) is 0 Å². The van der Waals surface area contributed by atoms with E-state index in [-0.39, 0.29) is 31.2 Å². The van der Waals surface area contributed by atoms with Crippen LogP contribution in [0.4, 0.5) is 0 Å². The molecular formula is C32H40O8. The molecule has 2 aliphatic carbocycles. The number of unbranched alkanes of at least 4 members (excludes halogenated alkanes) is 2. The molecule has 0 fully saturated rings. The van der Waals surface area contributed by atoms with Gasteiger partial charge in [-0.3, -0.25) is 14.4 Å². The van der Waals surface area contributed by atoms with E-state index in [1.165, 1.54) is 7.11 Å². The van der Waals surface area contributed by atoms with Gasteiger partial charge in [-0.2, -0.15) is 0 Å². The Morgan fingerprint density at radius 3 is 2.38 bits per heavy atom. The highest BCUT2D eigenvalue weighted by Crippen LogP contribution is 2.36. The van der Waals surface area contributed by atoms with Crippen molar-refractivity contribution in [3.63, 3.8) is 0 Å². The van der Waals surface area contributed by atoms with E-state index in [1.54, 1.807) is 18.2 Å². The van der Waals surface area contributed by atoms with Crippen LogP contribution in [0.3, 0.4) is 0 Å². The number of hydrogen-bond acceptors (Lipinski definition) is 7. The number of ether oxygens (including phenoxy) is 4. The quantitative estimate of drug-likeness (QED) is 0.133. The maximum atomic E-state index is 12.5. The number of methoxy groups -OCH3 is 1. The number of rotatable bonds is 18. The average Bonchev–Trinajstić information content (AvgIpc) is 2.95. The van der Waals surface area contributed by atoms with E-state index in [1.807, 2.05) is 18.2 Å². The van der Waals surface area contributed by atoms with Gasteiger partial charge in [0, 0.05) is 35.1 Å². The van der Waals surface area contributed by atoms with Gasteiger partial charge in [0.05, 0.1) is 26.9 Å². The molecule has 0 bridgehead atoms. The van der Waals surface area contributed by atoms with Crippen molar-refractivity contribution in [3.8, 4) is 11.5 Å². The van der Waals surface area contributed by atoms with Crippen molar-refractivity contribution in [2.24, 2.45) is 0 Å². The highest BCUT2D eigenvalue weighted by molar-refractivity contribution is 6.10. The van der Waals surface area contributed by atoms with Crippen molar-refractivity contribution in [1.29, 1.82) is 0 Å². The Kier molecular flexibility index (Phi) is 12.5. The molecule has 3 rings (SSSR count). The van der Waals surface area contributed by atoms with Crippen LogP contribution in [-0.2, 0) is 30.3 Å². The van der Waals surface area contributed by atoms with Crippen molar-refractivity contribution in [3.05, 3.63) is 71.0 Å². The molecule has 216 valence electrons. The summed E-state index contributed by atoms with van der Waals surface area (Å²) >= 11 is 0. The summed E-state index contributed by atoms with van der Waals surface area (Å²) < 4.78 is 22.9. The number of hydrogen-bond donors (Lipinski definition) is 1. The Balaban J connectivity index is 1.51. The maximum Gasteiger partial charge on any atom is 0.305 e. The predicted molar refractivity (Wildman–Crippen MR) is 151 cm³/mol. The smallest absolute Gasteiger partial charge is 0.305 e. The topological polar surface area (TPSA) is 108 Å². The monoisotopic (exact) mass is 552 g/mol. The second kappa shape index (κ2) is 16.3. The van der Waals surface area contributed by atoms with E-state index in [2.05, 4.69) is 6.58 Å². The zero-order valence-corrected chi connectivity index (χ0v) is 23.4. The number of carboxylic acids is 1. The number of esters is 1. The van der Waals surface area contributed by atoms with Gasteiger partial charge in [-0.25, -0.2) is 0 Å². The lowest BCUT2D eigenvalue weighted by Crippen LogP contribution is -2.17. The Labute approximate surface area is 236 Å². The molecule has 1 aromatic carbocycles. The van der Waals surface area contributed by atoms with Crippen molar-refractivity contribution < 1.29 is 38.4 Å². The number of aliphatic carboxylic acids is 1. The number of fused-ring (bicyclic) bond motifs is 1. The Morgan fingerprint density at radius 2 is 1.70 bits per heavy atom. The summed E-state index contributed by atoms with van der Waals surface area (Å²) in [7, 11) is 1.35. The molecule has 0 aromatic heterocycles. The molecule has 8 nitrogen and oxygen atoms in total. The van der Waals surface area contributed by atoms with Gasteiger partial charge in [0.1, 0.15) is 17.3 Å². The molecule has 0 radical (unpaired) electrons. The van der Waals surface area contributed by atoms with Gasteiger partial charge in [0.15, 0.2) is 5.78 Å². The number of carbonyl (C=O) groups is 3. The summed E-state index contributed by atoms with van der Waals surface area (Å²) in [4.78, 5) is 35.1. The third-order valence-electron chi connectivity index (χ3n) is 6.79. The first kappa shape index (κ1) is 30.7. The van der Waals surface area contributed by atoms with Gasteiger partial charge in [0.25, 0.3) is 0 Å². The second-order valence-corrected chi connectivity index (χ2v) is 9.76. The summed E-state index contributed by atoms with van der Waals surface area (Å²) in [5.74, 6) is 0.943. The van der Waals surface area contributed by atoms with Crippen LogP contribution in [0.2, 0.25) is 0 Å². The number of carbonyl (C=O) groups excluding carboxylic acids is 2. The zero-order valence-electron chi connectivity index (χ0n) is 23.4. The number of carboxylic acid groups (broad SMARTS) is 1. The Hall–Kier alpha value is -3.81. The van der Waals surface area contributed by atoms with Crippen LogP contribution < -0.4 is 9.47 Å². The largest absolute Gasteiger partial charge is 0.493 e. The van der Waals surface area contributed by atoms with Gasteiger partial charge in [-0.1, -0.05) is 18.2 Å². The fourth-order valence-electron chi connectivity index (χ4n) is 4.78. The van der Waals surface area contributed by atoms with Gasteiger partial charge >= 0.3 is 11.9 Å². The normalized spacial score (nSPS) is 14.6. The van der Waals surface area contributed by atoms with Gasteiger partial charge in [-0.05, 0) is 76.0 Å². The number of ketones is 1. The van der Waals surface area contributed by atoms with Gasteiger partial charge in [0.2, 0.25) is 0 Å². The van der Waals surface area contributed by atoms with Crippen molar-refractivity contribution in [2.45, 2.75) is 70.6 Å². The Morgan fingerprint density at radius 1 is 1.00 bits per heavy atom. The highest BCUT2D eigenvalue weighted by atomic mass is 16.5. The molecule has 0 saturated carbocycles. The second-order valence-electron chi connectivity index (χ2n) is 9.76. The van der Waals surface area contributed by atoms with Crippen LogP contribution in [0.1, 0.15) is 69.8 Å². The maximum absolute atomic E-state index is 12.5. The number of benzene rings is 1. The summed E-state index contributed by atoms with van der Waals surface area (Å²) in [6, 6.07) is 5.47. The number of allylic oxidation sites excluding steroid dienone is 6. The third-order valence-corrected chi connectivity index (χ3v) is 6.79. The fraction of sp³-hybridized carbons (Fsp3) is 0.469. The lowest BCUT2D eigenvalue weighted by molar-refractivity contribution is -0.140. The van der Waals surface area contributed by atoms with Gasteiger partial charge < -0.3 is 24.1 Å². The molecule has 0 saturated heterocycles. The van der Waals surface area contributed by atoms with E-state index in [4.69, 9.17) is 24.1 Å². The predicted octanol–water partition coefficient (Wildman–Crippen LogP) is 6.05. The minimum atomic E-state index is -0.868.